The first-order chi connectivity index (χ1) is 8.69. The Morgan fingerprint density at radius 1 is 1.56 bits per heavy atom. The summed E-state index contributed by atoms with van der Waals surface area (Å²) in [7, 11) is 0. The molecule has 0 saturated carbocycles. The van der Waals surface area contributed by atoms with Gasteiger partial charge in [-0.15, -0.1) is 0 Å². The maximum absolute atomic E-state index is 6.00. The molecule has 2 rings (SSSR count). The summed E-state index contributed by atoms with van der Waals surface area (Å²) in [6.07, 6.45) is 4.95. The van der Waals surface area contributed by atoms with Crippen LogP contribution < -0.4 is 16.0 Å². The molecule has 2 atom stereocenters. The molecule has 0 aromatic carbocycles. The average molecular weight is 249 g/mol. The maximum atomic E-state index is 6.00. The van der Waals surface area contributed by atoms with Crippen molar-refractivity contribution in [1.29, 1.82) is 0 Å². The summed E-state index contributed by atoms with van der Waals surface area (Å²) in [4.78, 5) is 10.9. The Labute approximate surface area is 109 Å². The summed E-state index contributed by atoms with van der Waals surface area (Å²) in [5.74, 6) is 1.87. The molecule has 0 spiro atoms. The predicted octanol–water partition coefficient (Wildman–Crippen LogP) is 1.61. The zero-order valence-electron chi connectivity index (χ0n) is 11.3. The van der Waals surface area contributed by atoms with Crippen LogP contribution >= 0.6 is 0 Å². The Balaban J connectivity index is 2.06. The van der Waals surface area contributed by atoms with Gasteiger partial charge in [-0.3, -0.25) is 0 Å². The van der Waals surface area contributed by atoms with Crippen LogP contribution in [0.4, 0.5) is 11.6 Å². The van der Waals surface area contributed by atoms with E-state index in [0.717, 1.165) is 44.0 Å². The first kappa shape index (κ1) is 13.1. The second kappa shape index (κ2) is 6.00. The molecular weight excluding hydrogens is 226 g/mol. The normalized spacial score (nSPS) is 21.7. The minimum Gasteiger partial charge on any atom is -0.367 e. The van der Waals surface area contributed by atoms with Crippen LogP contribution in [-0.4, -0.2) is 35.1 Å². The van der Waals surface area contributed by atoms with Gasteiger partial charge in [0.25, 0.3) is 0 Å². The first-order valence-corrected chi connectivity index (χ1v) is 6.78. The fourth-order valence-corrected chi connectivity index (χ4v) is 2.17. The van der Waals surface area contributed by atoms with Gasteiger partial charge < -0.3 is 16.0 Å². The minimum absolute atomic E-state index is 0.264. The molecule has 100 valence electrons. The second-order valence-electron chi connectivity index (χ2n) is 5.06. The third kappa shape index (κ3) is 3.32. The molecule has 18 heavy (non-hydrogen) atoms. The van der Waals surface area contributed by atoms with Gasteiger partial charge >= 0.3 is 0 Å². The molecule has 3 N–H and O–H groups in total. The summed E-state index contributed by atoms with van der Waals surface area (Å²) in [5, 5.41) is 3.37. The monoisotopic (exact) mass is 249 g/mol. The predicted molar refractivity (Wildman–Crippen MR) is 74.8 cm³/mol. The lowest BCUT2D eigenvalue weighted by Crippen LogP contribution is -2.43. The molecule has 1 saturated heterocycles. The van der Waals surface area contributed by atoms with E-state index in [-0.39, 0.29) is 6.04 Å². The molecule has 0 aliphatic carbocycles. The van der Waals surface area contributed by atoms with E-state index in [1.54, 1.807) is 6.33 Å². The Morgan fingerprint density at radius 3 is 3.11 bits per heavy atom. The Kier molecular flexibility index (Phi) is 4.36. The van der Waals surface area contributed by atoms with Crippen molar-refractivity contribution < 1.29 is 0 Å². The highest BCUT2D eigenvalue weighted by atomic mass is 15.2. The van der Waals surface area contributed by atoms with Gasteiger partial charge in [-0.05, 0) is 26.2 Å². The first-order valence-electron chi connectivity index (χ1n) is 6.78. The fourth-order valence-electron chi connectivity index (χ4n) is 2.17. The highest BCUT2D eigenvalue weighted by molar-refractivity contribution is 5.49. The van der Waals surface area contributed by atoms with Crippen molar-refractivity contribution in [2.24, 2.45) is 5.73 Å². The molecule has 0 amide bonds. The van der Waals surface area contributed by atoms with E-state index in [1.165, 1.54) is 0 Å². The molecule has 5 nitrogen and oxygen atoms in total. The van der Waals surface area contributed by atoms with E-state index >= 15 is 0 Å². The van der Waals surface area contributed by atoms with E-state index < -0.39 is 0 Å². The lowest BCUT2D eigenvalue weighted by molar-refractivity contribution is 0.503. The van der Waals surface area contributed by atoms with Crippen LogP contribution in [0, 0.1) is 0 Å². The largest absolute Gasteiger partial charge is 0.367 e. The molecule has 2 heterocycles. The van der Waals surface area contributed by atoms with E-state index in [9.17, 15) is 0 Å². The van der Waals surface area contributed by atoms with E-state index in [4.69, 9.17) is 5.73 Å². The molecule has 1 fully saturated rings. The van der Waals surface area contributed by atoms with Crippen molar-refractivity contribution in [1.82, 2.24) is 9.97 Å². The molecule has 1 aromatic heterocycles. The fraction of sp³-hybridized carbons (Fsp3) is 0.692. The standard InChI is InChI=1S/C13H23N5/c1-3-10(2)17-12-7-13(16-9-15-12)18-6-4-5-11(14)8-18/h7,9-11H,3-6,8,14H2,1-2H3,(H,15,16,17). The summed E-state index contributed by atoms with van der Waals surface area (Å²) in [5.41, 5.74) is 6.00. The smallest absolute Gasteiger partial charge is 0.134 e. The van der Waals surface area contributed by atoms with Gasteiger partial charge in [-0.1, -0.05) is 6.92 Å². The lowest BCUT2D eigenvalue weighted by atomic mass is 10.1. The number of piperidine rings is 1. The minimum atomic E-state index is 0.264. The van der Waals surface area contributed by atoms with Crippen LogP contribution in [0.2, 0.25) is 0 Å². The number of anilines is 2. The van der Waals surface area contributed by atoms with Crippen molar-refractivity contribution in [2.75, 3.05) is 23.3 Å². The van der Waals surface area contributed by atoms with Crippen molar-refractivity contribution in [3.8, 4) is 0 Å². The van der Waals surface area contributed by atoms with Gasteiger partial charge in [-0.25, -0.2) is 9.97 Å². The van der Waals surface area contributed by atoms with Crippen molar-refractivity contribution in [3.63, 3.8) is 0 Å². The van der Waals surface area contributed by atoms with Crippen LogP contribution in [0.5, 0.6) is 0 Å². The Hall–Kier alpha value is -1.36. The van der Waals surface area contributed by atoms with Crippen molar-refractivity contribution in [2.45, 2.75) is 45.2 Å². The summed E-state index contributed by atoms with van der Waals surface area (Å²) >= 11 is 0. The molecule has 1 aliphatic heterocycles. The molecule has 1 aromatic rings. The SMILES string of the molecule is CCC(C)Nc1cc(N2CCCC(N)C2)ncn1. The van der Waals surface area contributed by atoms with E-state index in [2.05, 4.69) is 34.0 Å². The average Bonchev–Trinajstić information content (AvgIpc) is 2.39. The van der Waals surface area contributed by atoms with E-state index in [1.807, 2.05) is 6.07 Å². The number of nitrogens with one attached hydrogen (secondary N) is 1. The highest BCUT2D eigenvalue weighted by Gasteiger charge is 2.18. The molecular formula is C13H23N5. The quantitative estimate of drug-likeness (QED) is 0.848. The van der Waals surface area contributed by atoms with Gasteiger partial charge in [0.2, 0.25) is 0 Å². The highest BCUT2D eigenvalue weighted by Crippen LogP contribution is 2.19. The van der Waals surface area contributed by atoms with Gasteiger partial charge in [0, 0.05) is 31.2 Å². The molecule has 5 heteroatoms. The van der Waals surface area contributed by atoms with Crippen LogP contribution in [0.25, 0.3) is 0 Å². The van der Waals surface area contributed by atoms with Crippen LogP contribution in [0.1, 0.15) is 33.1 Å². The van der Waals surface area contributed by atoms with Crippen LogP contribution in [-0.2, 0) is 0 Å². The summed E-state index contributed by atoms with van der Waals surface area (Å²) in [6, 6.07) is 2.71. The van der Waals surface area contributed by atoms with Crippen molar-refractivity contribution >= 4 is 11.6 Å². The van der Waals surface area contributed by atoms with Crippen LogP contribution in [0.15, 0.2) is 12.4 Å². The third-order valence-electron chi connectivity index (χ3n) is 3.44. The van der Waals surface area contributed by atoms with Crippen molar-refractivity contribution in [3.05, 3.63) is 12.4 Å². The zero-order chi connectivity index (χ0) is 13.0. The Bertz CT molecular complexity index is 381. The number of rotatable bonds is 4. The second-order valence-corrected chi connectivity index (χ2v) is 5.06. The van der Waals surface area contributed by atoms with Crippen LogP contribution in [0.3, 0.4) is 0 Å². The number of hydrogen-bond donors (Lipinski definition) is 2. The molecule has 1 aliphatic rings. The zero-order valence-corrected chi connectivity index (χ0v) is 11.3. The topological polar surface area (TPSA) is 67.1 Å². The number of hydrogen-bond acceptors (Lipinski definition) is 5. The molecule has 0 bridgehead atoms. The van der Waals surface area contributed by atoms with Gasteiger partial charge in [-0.2, -0.15) is 0 Å². The maximum Gasteiger partial charge on any atom is 0.134 e. The third-order valence-corrected chi connectivity index (χ3v) is 3.44. The summed E-state index contributed by atoms with van der Waals surface area (Å²) < 4.78 is 0. The lowest BCUT2D eigenvalue weighted by Gasteiger charge is -2.31. The van der Waals surface area contributed by atoms with E-state index in [0.29, 0.717) is 6.04 Å². The molecule has 0 radical (unpaired) electrons. The van der Waals surface area contributed by atoms with Gasteiger partial charge in [0.15, 0.2) is 0 Å². The Morgan fingerprint density at radius 2 is 2.39 bits per heavy atom. The van der Waals surface area contributed by atoms with Gasteiger partial charge in [0.05, 0.1) is 0 Å². The summed E-state index contributed by atoms with van der Waals surface area (Å²) in [6.45, 7) is 6.23. The van der Waals surface area contributed by atoms with Gasteiger partial charge in [0.1, 0.15) is 18.0 Å². The molecule has 2 unspecified atom stereocenters. The number of aromatic nitrogens is 2. The number of nitrogens with zero attached hydrogens (tertiary/aromatic N) is 3. The number of nitrogens with two attached hydrogens (primary N) is 1.